The lowest BCUT2D eigenvalue weighted by Crippen LogP contribution is -2.33. The Morgan fingerprint density at radius 3 is 2.96 bits per heavy atom. The SMILES string of the molecule is COc1ccc(C(=O)OC[C@@H]2CCCN2Cc2ccco2)cc1[N+](=O)[O-]. The highest BCUT2D eigenvalue weighted by Crippen LogP contribution is 2.28. The van der Waals surface area contributed by atoms with Crippen LogP contribution < -0.4 is 4.74 Å². The second-order valence-electron chi connectivity index (χ2n) is 6.09. The molecule has 1 aliphatic heterocycles. The van der Waals surface area contributed by atoms with Crippen molar-refractivity contribution < 1.29 is 23.6 Å². The van der Waals surface area contributed by atoms with E-state index in [1.54, 1.807) is 6.26 Å². The molecule has 0 aliphatic carbocycles. The second-order valence-corrected chi connectivity index (χ2v) is 6.09. The van der Waals surface area contributed by atoms with Crippen molar-refractivity contribution in [2.75, 3.05) is 20.3 Å². The molecule has 1 saturated heterocycles. The molecule has 1 atom stereocenters. The first kappa shape index (κ1) is 17.9. The van der Waals surface area contributed by atoms with Crippen molar-refractivity contribution in [3.05, 3.63) is 58.0 Å². The van der Waals surface area contributed by atoms with Gasteiger partial charge in [-0.3, -0.25) is 15.0 Å². The summed E-state index contributed by atoms with van der Waals surface area (Å²) < 4.78 is 15.7. The fourth-order valence-corrected chi connectivity index (χ4v) is 3.11. The van der Waals surface area contributed by atoms with Gasteiger partial charge in [0, 0.05) is 12.1 Å². The number of nitrogens with zero attached hydrogens (tertiary/aromatic N) is 2. The van der Waals surface area contributed by atoms with Crippen molar-refractivity contribution >= 4 is 11.7 Å². The molecule has 1 aromatic heterocycles. The Morgan fingerprint density at radius 1 is 1.42 bits per heavy atom. The normalized spacial score (nSPS) is 17.2. The molecule has 8 nitrogen and oxygen atoms in total. The molecule has 0 bridgehead atoms. The molecule has 2 heterocycles. The summed E-state index contributed by atoms with van der Waals surface area (Å²) in [6.45, 7) is 1.82. The number of rotatable bonds is 7. The molecule has 0 radical (unpaired) electrons. The number of carbonyl (C=O) groups excluding carboxylic acids is 1. The first-order chi connectivity index (χ1) is 12.6. The number of benzene rings is 1. The van der Waals surface area contributed by atoms with E-state index < -0.39 is 10.9 Å². The van der Waals surface area contributed by atoms with Gasteiger partial charge in [-0.25, -0.2) is 4.79 Å². The van der Waals surface area contributed by atoms with Gasteiger partial charge in [-0.15, -0.1) is 0 Å². The Labute approximate surface area is 150 Å². The molecule has 1 aliphatic rings. The maximum Gasteiger partial charge on any atom is 0.338 e. The summed E-state index contributed by atoms with van der Waals surface area (Å²) in [5, 5.41) is 11.1. The minimum atomic E-state index is -0.586. The van der Waals surface area contributed by atoms with Gasteiger partial charge in [0.2, 0.25) is 0 Å². The molecule has 138 valence electrons. The van der Waals surface area contributed by atoms with E-state index in [1.165, 1.54) is 25.3 Å². The zero-order chi connectivity index (χ0) is 18.5. The van der Waals surface area contributed by atoms with Gasteiger partial charge in [0.15, 0.2) is 5.75 Å². The van der Waals surface area contributed by atoms with E-state index in [0.717, 1.165) is 25.1 Å². The number of nitro groups is 1. The lowest BCUT2D eigenvalue weighted by molar-refractivity contribution is -0.385. The summed E-state index contributed by atoms with van der Waals surface area (Å²) in [7, 11) is 1.34. The van der Waals surface area contributed by atoms with E-state index in [1.807, 2.05) is 12.1 Å². The predicted octanol–water partition coefficient (Wildman–Crippen LogP) is 3.02. The largest absolute Gasteiger partial charge is 0.490 e. The van der Waals surface area contributed by atoms with Crippen LogP contribution in [0.4, 0.5) is 5.69 Å². The van der Waals surface area contributed by atoms with Gasteiger partial charge in [0.25, 0.3) is 0 Å². The number of methoxy groups -OCH3 is 1. The summed E-state index contributed by atoms with van der Waals surface area (Å²) >= 11 is 0. The van der Waals surface area contributed by atoms with E-state index in [0.29, 0.717) is 6.54 Å². The van der Waals surface area contributed by atoms with Gasteiger partial charge in [-0.05, 0) is 43.7 Å². The van der Waals surface area contributed by atoms with Gasteiger partial charge in [-0.2, -0.15) is 0 Å². The smallest absolute Gasteiger partial charge is 0.338 e. The van der Waals surface area contributed by atoms with Gasteiger partial charge in [0.1, 0.15) is 12.4 Å². The molecule has 0 amide bonds. The van der Waals surface area contributed by atoms with Crippen molar-refractivity contribution in [2.45, 2.75) is 25.4 Å². The molecular weight excluding hydrogens is 340 g/mol. The summed E-state index contributed by atoms with van der Waals surface area (Å²) in [5.41, 5.74) is -0.129. The molecule has 3 rings (SSSR count). The summed E-state index contributed by atoms with van der Waals surface area (Å²) in [5.74, 6) is 0.390. The summed E-state index contributed by atoms with van der Waals surface area (Å²) in [6.07, 6.45) is 3.59. The molecule has 2 aromatic rings. The quantitative estimate of drug-likeness (QED) is 0.425. The fourth-order valence-electron chi connectivity index (χ4n) is 3.11. The van der Waals surface area contributed by atoms with E-state index in [4.69, 9.17) is 13.9 Å². The third-order valence-electron chi connectivity index (χ3n) is 4.46. The molecule has 0 saturated carbocycles. The number of likely N-dealkylation sites (tertiary alicyclic amines) is 1. The molecule has 0 unspecified atom stereocenters. The monoisotopic (exact) mass is 360 g/mol. The molecule has 26 heavy (non-hydrogen) atoms. The third-order valence-corrected chi connectivity index (χ3v) is 4.46. The average Bonchev–Trinajstić information content (AvgIpc) is 3.31. The topological polar surface area (TPSA) is 95.1 Å². The minimum Gasteiger partial charge on any atom is -0.490 e. The molecular formula is C18H20N2O6. The van der Waals surface area contributed by atoms with Crippen molar-refractivity contribution in [2.24, 2.45) is 0 Å². The second kappa shape index (κ2) is 8.01. The molecule has 8 heteroatoms. The summed E-state index contributed by atoms with van der Waals surface area (Å²) in [4.78, 5) is 25.0. The van der Waals surface area contributed by atoms with Crippen LogP contribution in [0.2, 0.25) is 0 Å². The Bertz CT molecular complexity index is 774. The zero-order valence-electron chi connectivity index (χ0n) is 14.4. The van der Waals surface area contributed by atoms with E-state index >= 15 is 0 Å². The summed E-state index contributed by atoms with van der Waals surface area (Å²) in [6, 6.07) is 7.90. The maximum atomic E-state index is 12.3. The number of furan rings is 1. The maximum absolute atomic E-state index is 12.3. The molecule has 1 aromatic carbocycles. The first-order valence-electron chi connectivity index (χ1n) is 8.34. The highest BCUT2D eigenvalue weighted by atomic mass is 16.6. The Kier molecular flexibility index (Phi) is 5.52. The number of hydrogen-bond donors (Lipinski definition) is 0. The number of esters is 1. The van der Waals surface area contributed by atoms with Crippen LogP contribution >= 0.6 is 0 Å². The van der Waals surface area contributed by atoms with Gasteiger partial charge < -0.3 is 13.9 Å². The Hall–Kier alpha value is -2.87. The van der Waals surface area contributed by atoms with Gasteiger partial charge in [-0.1, -0.05) is 0 Å². The molecule has 0 N–H and O–H groups in total. The van der Waals surface area contributed by atoms with Crippen LogP contribution in [0.1, 0.15) is 29.0 Å². The van der Waals surface area contributed by atoms with Crippen molar-refractivity contribution in [1.29, 1.82) is 0 Å². The number of ether oxygens (including phenoxy) is 2. The third kappa shape index (κ3) is 4.02. The zero-order valence-corrected chi connectivity index (χ0v) is 14.4. The number of nitro benzene ring substituents is 1. The Balaban J connectivity index is 1.61. The highest BCUT2D eigenvalue weighted by molar-refractivity contribution is 5.90. The fraction of sp³-hybridized carbons (Fsp3) is 0.389. The van der Waals surface area contributed by atoms with Gasteiger partial charge in [0.05, 0.1) is 30.4 Å². The first-order valence-corrected chi connectivity index (χ1v) is 8.34. The highest BCUT2D eigenvalue weighted by Gasteiger charge is 2.27. The Morgan fingerprint density at radius 2 is 2.27 bits per heavy atom. The molecule has 1 fully saturated rings. The van der Waals surface area contributed by atoms with E-state index in [9.17, 15) is 14.9 Å². The van der Waals surface area contributed by atoms with Crippen LogP contribution in [-0.4, -0.2) is 42.1 Å². The lowest BCUT2D eigenvalue weighted by Gasteiger charge is -2.23. The lowest BCUT2D eigenvalue weighted by atomic mass is 10.2. The van der Waals surface area contributed by atoms with Crippen LogP contribution in [0.5, 0.6) is 5.75 Å². The predicted molar refractivity (Wildman–Crippen MR) is 92.1 cm³/mol. The number of hydrogen-bond acceptors (Lipinski definition) is 7. The van der Waals surface area contributed by atoms with E-state index in [2.05, 4.69) is 4.90 Å². The minimum absolute atomic E-state index is 0.104. The standard InChI is InChI=1S/C18H20N2O6/c1-24-17-7-6-13(10-16(17)20(22)23)18(21)26-12-14-4-2-8-19(14)11-15-5-3-9-25-15/h3,5-7,9-10,14H,2,4,8,11-12H2,1H3/t14-/m0/s1. The van der Waals surface area contributed by atoms with Gasteiger partial charge >= 0.3 is 11.7 Å². The van der Waals surface area contributed by atoms with Crippen molar-refractivity contribution in [3.8, 4) is 5.75 Å². The van der Waals surface area contributed by atoms with Crippen molar-refractivity contribution in [3.63, 3.8) is 0 Å². The van der Waals surface area contributed by atoms with Crippen LogP contribution in [-0.2, 0) is 11.3 Å². The van der Waals surface area contributed by atoms with Crippen LogP contribution in [0, 0.1) is 10.1 Å². The van der Waals surface area contributed by atoms with Crippen LogP contribution in [0.25, 0.3) is 0 Å². The van der Waals surface area contributed by atoms with Crippen molar-refractivity contribution in [1.82, 2.24) is 4.90 Å². The van der Waals surface area contributed by atoms with E-state index in [-0.39, 0.29) is 29.6 Å². The molecule has 0 spiro atoms. The number of carbonyl (C=O) groups is 1. The average molecular weight is 360 g/mol. The van der Waals surface area contributed by atoms with Crippen LogP contribution in [0.15, 0.2) is 41.0 Å². The van der Waals surface area contributed by atoms with Crippen LogP contribution in [0.3, 0.4) is 0 Å².